The van der Waals surface area contributed by atoms with Gasteiger partial charge in [0.25, 0.3) is 0 Å². The smallest absolute Gasteiger partial charge is 0.352 e. The Bertz CT molecular complexity index is 555. The maximum Gasteiger partial charge on any atom is 0.352 e. The van der Waals surface area contributed by atoms with E-state index in [9.17, 15) is 4.79 Å². The molecule has 2 aromatic rings. The number of rotatable bonds is 2. The molecule has 1 N–H and O–H groups in total. The van der Waals surface area contributed by atoms with Crippen LogP contribution in [0.2, 0.25) is 0 Å². The molecule has 0 unspecified atom stereocenters. The second kappa shape index (κ2) is 3.24. The molecule has 0 aliphatic rings. The van der Waals surface area contributed by atoms with E-state index in [0.29, 0.717) is 5.65 Å². The fraction of sp³-hybridized carbons (Fsp3) is 0.0909. The number of fused-ring (bicyclic) bond motifs is 1. The van der Waals surface area contributed by atoms with Crippen LogP contribution >= 0.6 is 0 Å². The van der Waals surface area contributed by atoms with Crippen LogP contribution in [0, 0.1) is 0 Å². The molecule has 0 radical (unpaired) electrons. The van der Waals surface area contributed by atoms with Crippen LogP contribution in [0.1, 0.15) is 16.1 Å². The molecule has 2 rings (SSSR count). The third-order valence-corrected chi connectivity index (χ3v) is 2.34. The summed E-state index contributed by atoms with van der Waals surface area (Å²) >= 11 is 0. The minimum absolute atomic E-state index is 0.235. The minimum atomic E-state index is -0.948. The van der Waals surface area contributed by atoms with Crippen LogP contribution in [0.3, 0.4) is 0 Å². The maximum atomic E-state index is 10.9. The van der Waals surface area contributed by atoms with Gasteiger partial charge in [-0.25, -0.2) is 9.78 Å². The minimum Gasteiger partial charge on any atom is -0.477 e. The van der Waals surface area contributed by atoms with Gasteiger partial charge in [0.05, 0.1) is 0 Å². The largest absolute Gasteiger partial charge is 0.477 e. The summed E-state index contributed by atoms with van der Waals surface area (Å²) in [6, 6.07) is 3.47. The predicted octanol–water partition coefficient (Wildman–Crippen LogP) is 1.91. The summed E-state index contributed by atoms with van der Waals surface area (Å²) in [6.45, 7) is 3.64. The second-order valence-electron chi connectivity index (χ2n) is 3.28. The molecule has 0 amide bonds. The molecule has 0 saturated carbocycles. The van der Waals surface area contributed by atoms with E-state index in [1.165, 1.54) is 0 Å². The SMILES string of the molecule is C=Cc1cnc2c(c1)cc(C(=O)O)n2C. The van der Waals surface area contributed by atoms with Crippen molar-refractivity contribution in [2.24, 2.45) is 7.05 Å². The molecule has 0 atom stereocenters. The van der Waals surface area contributed by atoms with Gasteiger partial charge < -0.3 is 9.67 Å². The number of aromatic nitrogens is 2. The highest BCUT2D eigenvalue weighted by Crippen LogP contribution is 2.18. The summed E-state index contributed by atoms with van der Waals surface area (Å²) < 4.78 is 1.56. The van der Waals surface area contributed by atoms with Crippen LogP contribution in [0.4, 0.5) is 0 Å². The lowest BCUT2D eigenvalue weighted by atomic mass is 10.2. The van der Waals surface area contributed by atoms with Crippen molar-refractivity contribution in [2.45, 2.75) is 0 Å². The summed E-state index contributed by atoms with van der Waals surface area (Å²) in [6.07, 6.45) is 3.35. The van der Waals surface area contributed by atoms with Crippen LogP contribution in [0.5, 0.6) is 0 Å². The van der Waals surface area contributed by atoms with Crippen molar-refractivity contribution in [2.75, 3.05) is 0 Å². The number of hydrogen-bond acceptors (Lipinski definition) is 2. The van der Waals surface area contributed by atoms with E-state index in [-0.39, 0.29) is 5.69 Å². The van der Waals surface area contributed by atoms with E-state index in [1.54, 1.807) is 30.0 Å². The van der Waals surface area contributed by atoms with Gasteiger partial charge in [0.1, 0.15) is 11.3 Å². The molecular formula is C11H10N2O2. The molecule has 0 spiro atoms. The molecular weight excluding hydrogens is 192 g/mol. The number of aryl methyl sites for hydroxylation is 1. The Morgan fingerprint density at radius 3 is 2.93 bits per heavy atom. The lowest BCUT2D eigenvalue weighted by Gasteiger charge is -1.98. The Kier molecular flexibility index (Phi) is 2.04. The molecule has 0 fully saturated rings. The van der Waals surface area contributed by atoms with Gasteiger partial charge in [-0.1, -0.05) is 12.7 Å². The molecule has 0 bridgehead atoms. The number of carbonyl (C=O) groups is 1. The summed E-state index contributed by atoms with van der Waals surface area (Å²) in [4.78, 5) is 15.1. The van der Waals surface area contributed by atoms with E-state index >= 15 is 0 Å². The number of pyridine rings is 1. The molecule has 2 aromatic heterocycles. The molecule has 0 aromatic carbocycles. The first-order valence-electron chi connectivity index (χ1n) is 4.44. The van der Waals surface area contributed by atoms with Gasteiger partial charge in [-0.15, -0.1) is 0 Å². The highest BCUT2D eigenvalue weighted by Gasteiger charge is 2.12. The molecule has 0 aliphatic heterocycles. The highest BCUT2D eigenvalue weighted by atomic mass is 16.4. The lowest BCUT2D eigenvalue weighted by molar-refractivity contribution is 0.0687. The molecule has 4 nitrogen and oxygen atoms in total. The zero-order valence-electron chi connectivity index (χ0n) is 8.27. The fourth-order valence-corrected chi connectivity index (χ4v) is 1.55. The van der Waals surface area contributed by atoms with Crippen LogP contribution in [-0.4, -0.2) is 20.6 Å². The van der Waals surface area contributed by atoms with Gasteiger partial charge in [0, 0.05) is 18.6 Å². The van der Waals surface area contributed by atoms with Crippen molar-refractivity contribution in [3.63, 3.8) is 0 Å². The molecule has 15 heavy (non-hydrogen) atoms. The van der Waals surface area contributed by atoms with Gasteiger partial charge in [-0.05, 0) is 17.7 Å². The van der Waals surface area contributed by atoms with E-state index in [2.05, 4.69) is 11.6 Å². The Labute approximate surface area is 86.5 Å². The highest BCUT2D eigenvalue weighted by molar-refractivity contribution is 5.93. The van der Waals surface area contributed by atoms with Crippen molar-refractivity contribution in [1.82, 2.24) is 9.55 Å². The van der Waals surface area contributed by atoms with Crippen molar-refractivity contribution < 1.29 is 9.90 Å². The van der Waals surface area contributed by atoms with Gasteiger partial charge in [0.2, 0.25) is 0 Å². The maximum absolute atomic E-state index is 10.9. The van der Waals surface area contributed by atoms with E-state index in [4.69, 9.17) is 5.11 Å². The van der Waals surface area contributed by atoms with Gasteiger partial charge in [0.15, 0.2) is 0 Å². The monoisotopic (exact) mass is 202 g/mol. The van der Waals surface area contributed by atoms with Crippen LogP contribution in [-0.2, 0) is 7.05 Å². The zero-order chi connectivity index (χ0) is 11.0. The third-order valence-electron chi connectivity index (χ3n) is 2.34. The van der Waals surface area contributed by atoms with Gasteiger partial charge >= 0.3 is 5.97 Å². The Morgan fingerprint density at radius 2 is 2.33 bits per heavy atom. The van der Waals surface area contributed by atoms with Crippen LogP contribution < -0.4 is 0 Å². The molecule has 76 valence electrons. The number of hydrogen-bond donors (Lipinski definition) is 1. The molecule has 0 aliphatic carbocycles. The van der Waals surface area contributed by atoms with E-state index < -0.39 is 5.97 Å². The second-order valence-corrected chi connectivity index (χ2v) is 3.28. The quantitative estimate of drug-likeness (QED) is 0.809. The third kappa shape index (κ3) is 1.40. The van der Waals surface area contributed by atoms with Crippen molar-refractivity contribution >= 4 is 23.1 Å². The summed E-state index contributed by atoms with van der Waals surface area (Å²) in [5.74, 6) is -0.948. The summed E-state index contributed by atoms with van der Waals surface area (Å²) in [5, 5.41) is 9.74. The lowest BCUT2D eigenvalue weighted by Crippen LogP contribution is -2.04. The average Bonchev–Trinajstić information content (AvgIpc) is 2.55. The number of carboxylic acids is 1. The first kappa shape index (κ1) is 9.45. The standard InChI is InChI=1S/C11H10N2O2/c1-3-7-4-8-5-9(11(14)15)13(2)10(8)12-6-7/h3-6H,1H2,2H3,(H,14,15). The van der Waals surface area contributed by atoms with Crippen LogP contribution in [0.25, 0.3) is 17.1 Å². The number of aromatic carboxylic acids is 1. The van der Waals surface area contributed by atoms with Crippen molar-refractivity contribution in [3.05, 3.63) is 36.2 Å². The molecule has 4 heteroatoms. The normalized spacial score (nSPS) is 10.5. The van der Waals surface area contributed by atoms with Gasteiger partial charge in [-0.2, -0.15) is 0 Å². The van der Waals surface area contributed by atoms with Gasteiger partial charge in [-0.3, -0.25) is 0 Å². The molecule has 0 saturated heterocycles. The zero-order valence-corrected chi connectivity index (χ0v) is 8.27. The van der Waals surface area contributed by atoms with E-state index in [0.717, 1.165) is 10.9 Å². The van der Waals surface area contributed by atoms with Crippen LogP contribution in [0.15, 0.2) is 24.9 Å². The number of carboxylic acid groups (broad SMARTS) is 1. The first-order valence-corrected chi connectivity index (χ1v) is 4.44. The Balaban J connectivity index is 2.76. The first-order chi connectivity index (χ1) is 7.13. The fourth-order valence-electron chi connectivity index (χ4n) is 1.55. The topological polar surface area (TPSA) is 55.1 Å². The Hall–Kier alpha value is -2.10. The number of nitrogens with zero attached hydrogens (tertiary/aromatic N) is 2. The van der Waals surface area contributed by atoms with Crippen molar-refractivity contribution in [1.29, 1.82) is 0 Å². The van der Waals surface area contributed by atoms with Crippen molar-refractivity contribution in [3.8, 4) is 0 Å². The van der Waals surface area contributed by atoms with E-state index in [1.807, 2.05) is 6.07 Å². The molecule has 2 heterocycles. The summed E-state index contributed by atoms with van der Waals surface area (Å²) in [7, 11) is 1.69. The Morgan fingerprint density at radius 1 is 1.60 bits per heavy atom. The summed E-state index contributed by atoms with van der Waals surface area (Å²) in [5.41, 5.74) is 1.78. The predicted molar refractivity (Wildman–Crippen MR) is 57.8 cm³/mol. The average molecular weight is 202 g/mol.